The van der Waals surface area contributed by atoms with Gasteiger partial charge in [-0.1, -0.05) is 13.8 Å². The lowest BCUT2D eigenvalue weighted by molar-refractivity contribution is 0.0109. The minimum Gasteiger partial charge on any atom is -0.372 e. The predicted molar refractivity (Wildman–Crippen MR) is 54.4 cm³/mol. The fourth-order valence-corrected chi connectivity index (χ4v) is 2.12. The molecule has 0 amide bonds. The topological polar surface area (TPSA) is 55.8 Å². The van der Waals surface area contributed by atoms with Crippen LogP contribution in [0.25, 0.3) is 0 Å². The van der Waals surface area contributed by atoms with Crippen molar-refractivity contribution in [3.05, 3.63) is 0 Å². The van der Waals surface area contributed by atoms with Crippen LogP contribution >= 0.6 is 7.60 Å². The predicted octanol–water partition coefficient (Wildman–Crippen LogP) is 1.88. The van der Waals surface area contributed by atoms with Crippen molar-refractivity contribution >= 4 is 7.60 Å². The second kappa shape index (κ2) is 4.31. The first-order valence-electron chi connectivity index (χ1n) is 4.91. The maximum Gasteiger partial charge on any atom is 0.325 e. The molecule has 0 aliphatic carbocycles. The first kappa shape index (κ1) is 12.2. The van der Waals surface area contributed by atoms with Gasteiger partial charge in [-0.15, -0.1) is 0 Å². The molecule has 1 saturated heterocycles. The number of ether oxygens (including phenoxy) is 1. The van der Waals surface area contributed by atoms with Gasteiger partial charge in [-0.25, -0.2) is 0 Å². The molecule has 1 heterocycles. The summed E-state index contributed by atoms with van der Waals surface area (Å²) in [6.07, 6.45) is 0.147. The van der Waals surface area contributed by atoms with E-state index in [1.165, 1.54) is 6.66 Å². The smallest absolute Gasteiger partial charge is 0.325 e. The molecule has 5 heteroatoms. The van der Waals surface area contributed by atoms with E-state index in [0.29, 0.717) is 11.8 Å². The minimum absolute atomic E-state index is 0.0552. The van der Waals surface area contributed by atoms with Crippen LogP contribution in [-0.4, -0.2) is 30.4 Å². The highest BCUT2D eigenvalue weighted by Crippen LogP contribution is 2.39. The molecule has 1 fully saturated rings. The van der Waals surface area contributed by atoms with Crippen LogP contribution in [0.1, 0.15) is 20.8 Å². The fraction of sp³-hybridized carbons (Fsp3) is 1.00. The van der Waals surface area contributed by atoms with Crippen molar-refractivity contribution in [1.82, 2.24) is 0 Å². The van der Waals surface area contributed by atoms with Gasteiger partial charge in [0.1, 0.15) is 0 Å². The zero-order valence-electron chi connectivity index (χ0n) is 9.14. The lowest BCUT2D eigenvalue weighted by Gasteiger charge is -2.17. The summed E-state index contributed by atoms with van der Waals surface area (Å²) >= 11 is 0. The molecule has 5 atom stereocenters. The van der Waals surface area contributed by atoms with Crippen LogP contribution in [0, 0.1) is 11.8 Å². The molecule has 0 spiro atoms. The third-order valence-corrected chi connectivity index (χ3v) is 3.65. The van der Waals surface area contributed by atoms with E-state index >= 15 is 0 Å². The Morgan fingerprint density at radius 2 is 1.93 bits per heavy atom. The van der Waals surface area contributed by atoms with Crippen molar-refractivity contribution in [1.29, 1.82) is 0 Å². The van der Waals surface area contributed by atoms with E-state index in [1.807, 2.05) is 6.92 Å². The average molecular weight is 222 g/mol. The number of hydrogen-bond donors (Lipinski definition) is 1. The second-order valence-electron chi connectivity index (χ2n) is 4.20. The summed E-state index contributed by atoms with van der Waals surface area (Å²) in [4.78, 5) is 8.97. The molecule has 14 heavy (non-hydrogen) atoms. The van der Waals surface area contributed by atoms with Gasteiger partial charge >= 0.3 is 7.60 Å². The van der Waals surface area contributed by atoms with E-state index in [2.05, 4.69) is 13.8 Å². The molecule has 0 saturated carbocycles. The van der Waals surface area contributed by atoms with Gasteiger partial charge < -0.3 is 14.2 Å². The molecule has 4 nitrogen and oxygen atoms in total. The van der Waals surface area contributed by atoms with Crippen LogP contribution < -0.4 is 0 Å². The highest BCUT2D eigenvalue weighted by molar-refractivity contribution is 7.51. The molecule has 2 unspecified atom stereocenters. The maximum absolute atomic E-state index is 10.9. The van der Waals surface area contributed by atoms with Crippen molar-refractivity contribution in [2.75, 3.05) is 13.3 Å². The van der Waals surface area contributed by atoms with E-state index < -0.39 is 7.60 Å². The molecule has 0 radical (unpaired) electrons. The monoisotopic (exact) mass is 222 g/mol. The fourth-order valence-electron chi connectivity index (χ4n) is 1.69. The highest BCUT2D eigenvalue weighted by Gasteiger charge is 2.37. The molecule has 1 aliphatic heterocycles. The standard InChI is InChI=1S/C9H19O4P/c1-6-7(2)9(13-8(6)3)5-12-14(4,10)11/h6-9H,5H2,1-4H3,(H,10,11)/t6-,7+,8?,9+/m0/s1. The molecule has 1 rings (SSSR count). The first-order valence-corrected chi connectivity index (χ1v) is 6.94. The van der Waals surface area contributed by atoms with Gasteiger partial charge in [0.25, 0.3) is 0 Å². The van der Waals surface area contributed by atoms with Crippen LogP contribution in [0.2, 0.25) is 0 Å². The largest absolute Gasteiger partial charge is 0.372 e. The van der Waals surface area contributed by atoms with Crippen molar-refractivity contribution in [3.63, 3.8) is 0 Å². The van der Waals surface area contributed by atoms with Gasteiger partial charge in [0.15, 0.2) is 0 Å². The van der Waals surface area contributed by atoms with E-state index in [9.17, 15) is 4.57 Å². The molecule has 84 valence electrons. The molecule has 0 aromatic heterocycles. The molecule has 0 aromatic rings. The molecule has 0 aromatic carbocycles. The lowest BCUT2D eigenvalue weighted by atomic mass is 9.91. The van der Waals surface area contributed by atoms with Gasteiger partial charge in [-0.3, -0.25) is 4.57 Å². The Morgan fingerprint density at radius 1 is 1.36 bits per heavy atom. The van der Waals surface area contributed by atoms with Crippen LogP contribution in [0.15, 0.2) is 0 Å². The summed E-state index contributed by atoms with van der Waals surface area (Å²) in [7, 11) is -3.36. The Bertz CT molecular complexity index is 237. The normalized spacial score (nSPS) is 42.4. The van der Waals surface area contributed by atoms with Crippen molar-refractivity contribution in [2.24, 2.45) is 11.8 Å². The van der Waals surface area contributed by atoms with Crippen LogP contribution in [0.4, 0.5) is 0 Å². The molecule has 1 aliphatic rings. The quantitative estimate of drug-likeness (QED) is 0.741. The Labute approximate surface area is 85.1 Å². The summed E-state index contributed by atoms with van der Waals surface area (Å²) < 4.78 is 21.4. The Hall–Kier alpha value is 0.110. The van der Waals surface area contributed by atoms with Gasteiger partial charge in [-0.05, 0) is 18.8 Å². The summed E-state index contributed by atoms with van der Waals surface area (Å²) in [5.41, 5.74) is 0. The average Bonchev–Trinajstić information content (AvgIpc) is 2.28. The molecular formula is C9H19O4P. The van der Waals surface area contributed by atoms with Gasteiger partial charge in [-0.2, -0.15) is 0 Å². The molecule has 0 bridgehead atoms. The number of hydrogen-bond acceptors (Lipinski definition) is 3. The summed E-state index contributed by atoms with van der Waals surface area (Å²) in [5.74, 6) is 0.843. The van der Waals surface area contributed by atoms with Crippen molar-refractivity contribution in [3.8, 4) is 0 Å². The van der Waals surface area contributed by atoms with Gasteiger partial charge in [0.05, 0.1) is 18.8 Å². The maximum atomic E-state index is 10.9. The number of rotatable bonds is 3. The lowest BCUT2D eigenvalue weighted by Crippen LogP contribution is -2.21. The molecule has 1 N–H and O–H groups in total. The van der Waals surface area contributed by atoms with Gasteiger partial charge in [0.2, 0.25) is 0 Å². The third-order valence-electron chi connectivity index (χ3n) is 3.02. The zero-order chi connectivity index (χ0) is 10.9. The van der Waals surface area contributed by atoms with Gasteiger partial charge in [0, 0.05) is 6.66 Å². The SMILES string of the molecule is CC1O[C@H](COP(C)(=O)O)[C@H](C)[C@@H]1C. The van der Waals surface area contributed by atoms with Crippen LogP contribution in [0.3, 0.4) is 0 Å². The minimum atomic E-state index is -3.36. The Morgan fingerprint density at radius 3 is 2.29 bits per heavy atom. The molecular weight excluding hydrogens is 203 g/mol. The Kier molecular flexibility index (Phi) is 3.75. The summed E-state index contributed by atoms with van der Waals surface area (Å²) in [5, 5.41) is 0. The summed E-state index contributed by atoms with van der Waals surface area (Å²) in [6, 6.07) is 0. The van der Waals surface area contributed by atoms with E-state index in [4.69, 9.17) is 14.2 Å². The van der Waals surface area contributed by atoms with Crippen molar-refractivity contribution in [2.45, 2.75) is 33.0 Å². The summed E-state index contributed by atoms with van der Waals surface area (Å²) in [6.45, 7) is 7.63. The highest BCUT2D eigenvalue weighted by atomic mass is 31.2. The Balaban J connectivity index is 2.44. The van der Waals surface area contributed by atoms with E-state index in [1.54, 1.807) is 0 Å². The first-order chi connectivity index (χ1) is 6.31. The third kappa shape index (κ3) is 3.06. The van der Waals surface area contributed by atoms with Crippen molar-refractivity contribution < 1.29 is 18.7 Å². The second-order valence-corrected chi connectivity index (χ2v) is 6.06. The zero-order valence-corrected chi connectivity index (χ0v) is 10.0. The van der Waals surface area contributed by atoms with E-state index in [-0.39, 0.29) is 18.8 Å². The van der Waals surface area contributed by atoms with E-state index in [0.717, 1.165) is 0 Å². The van der Waals surface area contributed by atoms with Crippen LogP contribution in [-0.2, 0) is 13.8 Å². The van der Waals surface area contributed by atoms with Crippen LogP contribution in [0.5, 0.6) is 0 Å².